The van der Waals surface area contributed by atoms with Crippen molar-refractivity contribution in [2.24, 2.45) is 0 Å². The fourth-order valence-corrected chi connectivity index (χ4v) is 4.11. The van der Waals surface area contributed by atoms with Gasteiger partial charge in [-0.1, -0.05) is 0 Å². The van der Waals surface area contributed by atoms with Crippen molar-refractivity contribution in [2.45, 2.75) is 37.8 Å². The van der Waals surface area contributed by atoms with E-state index in [0.29, 0.717) is 25.4 Å². The van der Waals surface area contributed by atoms with E-state index in [1.165, 1.54) is 24.3 Å². The summed E-state index contributed by atoms with van der Waals surface area (Å²) < 4.78 is 26.0. The SMILES string of the molecule is COCCCn1c([C@@H]2CCOC2)nnc1N1CC[C@@H](NC(=O)Nc2ccc(F)cc2)C1. The van der Waals surface area contributed by atoms with Gasteiger partial charge in [0.25, 0.3) is 0 Å². The third kappa shape index (κ3) is 5.31. The van der Waals surface area contributed by atoms with E-state index >= 15 is 0 Å². The van der Waals surface area contributed by atoms with Crippen LogP contribution in [0.4, 0.5) is 20.8 Å². The first-order valence-corrected chi connectivity index (χ1v) is 10.7. The first-order valence-electron chi connectivity index (χ1n) is 10.7. The molecule has 168 valence electrons. The highest BCUT2D eigenvalue weighted by molar-refractivity contribution is 5.89. The largest absolute Gasteiger partial charge is 0.385 e. The van der Waals surface area contributed by atoms with Gasteiger partial charge in [0, 0.05) is 57.6 Å². The smallest absolute Gasteiger partial charge is 0.319 e. The minimum atomic E-state index is -0.337. The molecular weight excluding hydrogens is 403 g/mol. The molecule has 2 fully saturated rings. The number of aromatic nitrogens is 3. The Morgan fingerprint density at radius 2 is 2.13 bits per heavy atom. The molecule has 2 aliphatic heterocycles. The number of ether oxygens (including phenoxy) is 2. The van der Waals surface area contributed by atoms with Crippen LogP contribution in [0.1, 0.15) is 31.0 Å². The number of methoxy groups -OCH3 is 1. The summed E-state index contributed by atoms with van der Waals surface area (Å²) in [5.74, 6) is 1.73. The molecule has 31 heavy (non-hydrogen) atoms. The molecule has 0 bridgehead atoms. The molecule has 0 radical (unpaired) electrons. The second-order valence-corrected chi connectivity index (χ2v) is 7.95. The lowest BCUT2D eigenvalue weighted by Gasteiger charge is -2.20. The van der Waals surface area contributed by atoms with Gasteiger partial charge in [0.2, 0.25) is 5.95 Å². The Bertz CT molecular complexity index is 869. The van der Waals surface area contributed by atoms with Gasteiger partial charge in [-0.05, 0) is 43.5 Å². The zero-order valence-electron chi connectivity index (χ0n) is 17.7. The van der Waals surface area contributed by atoms with E-state index in [1.807, 2.05) is 0 Å². The summed E-state index contributed by atoms with van der Waals surface area (Å²) in [5, 5.41) is 14.7. The number of hydrogen-bond acceptors (Lipinski definition) is 6. The number of benzene rings is 1. The summed E-state index contributed by atoms with van der Waals surface area (Å²) in [5.41, 5.74) is 0.551. The van der Waals surface area contributed by atoms with Gasteiger partial charge in [0.05, 0.1) is 6.61 Å². The van der Waals surface area contributed by atoms with Gasteiger partial charge in [-0.2, -0.15) is 0 Å². The number of carbonyl (C=O) groups is 1. The second kappa shape index (κ2) is 10.1. The quantitative estimate of drug-likeness (QED) is 0.622. The van der Waals surface area contributed by atoms with E-state index < -0.39 is 0 Å². The number of hydrogen-bond donors (Lipinski definition) is 2. The molecule has 10 heteroatoms. The van der Waals surface area contributed by atoms with Crippen LogP contribution in [0, 0.1) is 5.82 Å². The fourth-order valence-electron chi connectivity index (χ4n) is 4.11. The van der Waals surface area contributed by atoms with Gasteiger partial charge in [-0.3, -0.25) is 4.57 Å². The molecule has 1 aromatic heterocycles. The molecule has 2 atom stereocenters. The summed E-state index contributed by atoms with van der Waals surface area (Å²) in [6, 6.07) is 5.39. The standard InChI is InChI=1S/C21H29FN6O3/c1-30-11-2-9-28-19(15-8-12-31-14-15)25-26-21(28)27-10-7-18(13-27)24-20(29)23-17-5-3-16(22)4-6-17/h3-6,15,18H,2,7-14H2,1H3,(H2,23,24,29)/t15-,18-/m1/s1. The van der Waals surface area contributed by atoms with Crippen molar-refractivity contribution >= 4 is 17.7 Å². The molecule has 0 unspecified atom stereocenters. The van der Waals surface area contributed by atoms with Crippen LogP contribution in [0.5, 0.6) is 0 Å². The maximum atomic E-state index is 13.0. The molecule has 2 aliphatic rings. The Labute approximate surface area is 180 Å². The zero-order valence-corrected chi connectivity index (χ0v) is 17.7. The van der Waals surface area contributed by atoms with E-state index in [9.17, 15) is 9.18 Å². The highest BCUT2D eigenvalue weighted by atomic mass is 19.1. The maximum Gasteiger partial charge on any atom is 0.319 e. The summed E-state index contributed by atoms with van der Waals surface area (Å²) in [7, 11) is 1.70. The van der Waals surface area contributed by atoms with Crippen molar-refractivity contribution in [3.8, 4) is 0 Å². The average Bonchev–Trinajstić information content (AvgIpc) is 3.50. The van der Waals surface area contributed by atoms with Crippen LogP contribution in [-0.4, -0.2) is 66.9 Å². The third-order valence-electron chi connectivity index (χ3n) is 5.69. The van der Waals surface area contributed by atoms with Crippen molar-refractivity contribution in [1.82, 2.24) is 20.1 Å². The van der Waals surface area contributed by atoms with Gasteiger partial charge in [0.1, 0.15) is 11.6 Å². The number of nitrogens with zero attached hydrogens (tertiary/aromatic N) is 4. The van der Waals surface area contributed by atoms with Crippen molar-refractivity contribution in [1.29, 1.82) is 0 Å². The predicted octanol–water partition coefficient (Wildman–Crippen LogP) is 2.36. The molecule has 2 saturated heterocycles. The fraction of sp³-hybridized carbons (Fsp3) is 0.571. The van der Waals surface area contributed by atoms with Crippen molar-refractivity contribution in [3.63, 3.8) is 0 Å². The van der Waals surface area contributed by atoms with Crippen LogP contribution in [0.3, 0.4) is 0 Å². The summed E-state index contributed by atoms with van der Waals surface area (Å²) in [6.07, 6.45) is 2.64. The number of amides is 2. The van der Waals surface area contributed by atoms with Crippen LogP contribution in [0.25, 0.3) is 0 Å². The molecule has 4 rings (SSSR count). The normalized spacial score (nSPS) is 20.9. The van der Waals surface area contributed by atoms with Crippen molar-refractivity contribution in [2.75, 3.05) is 50.2 Å². The molecule has 2 amide bonds. The Morgan fingerprint density at radius 1 is 1.29 bits per heavy atom. The molecule has 0 saturated carbocycles. The first kappa shape index (κ1) is 21.5. The Kier molecular flexibility index (Phi) is 6.98. The second-order valence-electron chi connectivity index (χ2n) is 7.95. The highest BCUT2D eigenvalue weighted by Gasteiger charge is 2.31. The molecule has 2 N–H and O–H groups in total. The lowest BCUT2D eigenvalue weighted by molar-refractivity contribution is 0.187. The van der Waals surface area contributed by atoms with E-state index in [2.05, 4.69) is 30.3 Å². The van der Waals surface area contributed by atoms with Gasteiger partial charge in [0.15, 0.2) is 0 Å². The molecule has 0 spiro atoms. The number of nitrogens with one attached hydrogen (secondary N) is 2. The van der Waals surface area contributed by atoms with Crippen LogP contribution in [0.15, 0.2) is 24.3 Å². The summed E-state index contributed by atoms with van der Waals surface area (Å²) >= 11 is 0. The first-order chi connectivity index (χ1) is 15.1. The monoisotopic (exact) mass is 432 g/mol. The third-order valence-corrected chi connectivity index (χ3v) is 5.69. The van der Waals surface area contributed by atoms with Crippen molar-refractivity contribution < 1.29 is 18.7 Å². The number of urea groups is 1. The van der Waals surface area contributed by atoms with E-state index in [-0.39, 0.29) is 23.8 Å². The van der Waals surface area contributed by atoms with Crippen LogP contribution >= 0.6 is 0 Å². The number of rotatable bonds is 8. The highest BCUT2D eigenvalue weighted by Crippen LogP contribution is 2.28. The molecule has 2 aromatic rings. The number of carbonyl (C=O) groups excluding carboxylic acids is 1. The lowest BCUT2D eigenvalue weighted by atomic mass is 10.1. The van der Waals surface area contributed by atoms with Gasteiger partial charge >= 0.3 is 6.03 Å². The van der Waals surface area contributed by atoms with Gasteiger partial charge in [-0.25, -0.2) is 9.18 Å². The molecule has 0 aliphatic carbocycles. The minimum Gasteiger partial charge on any atom is -0.385 e. The molecule has 9 nitrogen and oxygen atoms in total. The van der Waals surface area contributed by atoms with Crippen LogP contribution in [-0.2, 0) is 16.0 Å². The van der Waals surface area contributed by atoms with E-state index in [0.717, 1.165) is 50.7 Å². The maximum absolute atomic E-state index is 13.0. The topological polar surface area (TPSA) is 93.5 Å². The Hall–Kier alpha value is -2.72. The van der Waals surface area contributed by atoms with E-state index in [4.69, 9.17) is 9.47 Å². The zero-order chi connectivity index (χ0) is 21.6. The molecular formula is C21H29FN6O3. The average molecular weight is 433 g/mol. The summed E-state index contributed by atoms with van der Waals surface area (Å²) in [4.78, 5) is 14.5. The van der Waals surface area contributed by atoms with Gasteiger partial charge < -0.3 is 25.0 Å². The molecule has 1 aromatic carbocycles. The Morgan fingerprint density at radius 3 is 2.87 bits per heavy atom. The van der Waals surface area contributed by atoms with Crippen LogP contribution in [0.2, 0.25) is 0 Å². The Balaban J connectivity index is 1.38. The lowest BCUT2D eigenvalue weighted by Crippen LogP contribution is -2.40. The van der Waals surface area contributed by atoms with Crippen LogP contribution < -0.4 is 15.5 Å². The number of halogens is 1. The van der Waals surface area contributed by atoms with Gasteiger partial charge in [-0.15, -0.1) is 10.2 Å². The summed E-state index contributed by atoms with van der Waals surface area (Å²) in [6.45, 7) is 4.32. The number of anilines is 2. The van der Waals surface area contributed by atoms with Crippen molar-refractivity contribution in [3.05, 3.63) is 35.9 Å². The minimum absolute atomic E-state index is 0.0113. The molecule has 3 heterocycles. The van der Waals surface area contributed by atoms with E-state index in [1.54, 1.807) is 7.11 Å². The predicted molar refractivity (Wildman–Crippen MR) is 114 cm³/mol.